The molecule has 3 aromatic carbocycles. The standard InChI is InChI=1S/C26H24N4O4/c1-16-7-6-10-23(17(16)2)34-18(3)24(31)28-29-25(32)19-11-13-20(14-12-19)30-15-27-22-9-5-4-8-21(22)26(30)33/h4-15,18H,1-3H3,(H,28,31)(H,29,32). The molecular weight excluding hydrogens is 432 g/mol. The lowest BCUT2D eigenvalue weighted by atomic mass is 10.1. The number of ether oxygens (including phenoxy) is 1. The van der Waals surface area contributed by atoms with Crippen molar-refractivity contribution in [3.63, 3.8) is 0 Å². The van der Waals surface area contributed by atoms with E-state index in [4.69, 9.17) is 4.74 Å². The number of para-hydroxylation sites is 1. The summed E-state index contributed by atoms with van der Waals surface area (Å²) in [5, 5.41) is 0.506. The number of hydrazine groups is 1. The molecule has 1 unspecified atom stereocenters. The minimum absolute atomic E-state index is 0.201. The van der Waals surface area contributed by atoms with Gasteiger partial charge in [0.25, 0.3) is 17.4 Å². The average molecular weight is 457 g/mol. The van der Waals surface area contributed by atoms with Crippen LogP contribution in [0, 0.1) is 13.8 Å². The number of aryl methyl sites for hydroxylation is 1. The van der Waals surface area contributed by atoms with Crippen molar-refractivity contribution in [1.29, 1.82) is 0 Å². The Kier molecular flexibility index (Phi) is 6.40. The molecule has 0 aliphatic rings. The van der Waals surface area contributed by atoms with Gasteiger partial charge in [0.15, 0.2) is 6.10 Å². The minimum atomic E-state index is -0.810. The van der Waals surface area contributed by atoms with Crippen molar-refractivity contribution in [2.24, 2.45) is 0 Å². The van der Waals surface area contributed by atoms with Gasteiger partial charge in [0.1, 0.15) is 12.1 Å². The number of fused-ring (bicyclic) bond motifs is 1. The van der Waals surface area contributed by atoms with Gasteiger partial charge in [-0.15, -0.1) is 0 Å². The van der Waals surface area contributed by atoms with Crippen LogP contribution in [0.2, 0.25) is 0 Å². The molecule has 2 amide bonds. The lowest BCUT2D eigenvalue weighted by Gasteiger charge is -2.17. The van der Waals surface area contributed by atoms with Crippen LogP contribution < -0.4 is 21.1 Å². The second-order valence-corrected chi connectivity index (χ2v) is 7.89. The van der Waals surface area contributed by atoms with E-state index in [2.05, 4.69) is 15.8 Å². The van der Waals surface area contributed by atoms with Crippen LogP contribution in [0.25, 0.3) is 16.6 Å². The maximum absolute atomic E-state index is 12.7. The first-order chi connectivity index (χ1) is 16.3. The first-order valence-corrected chi connectivity index (χ1v) is 10.7. The molecule has 172 valence electrons. The smallest absolute Gasteiger partial charge is 0.279 e. The van der Waals surface area contributed by atoms with Gasteiger partial charge in [-0.2, -0.15) is 0 Å². The lowest BCUT2D eigenvalue weighted by Crippen LogP contribution is -2.47. The van der Waals surface area contributed by atoms with E-state index in [9.17, 15) is 14.4 Å². The predicted molar refractivity (Wildman–Crippen MR) is 129 cm³/mol. The summed E-state index contributed by atoms with van der Waals surface area (Å²) in [5.74, 6) is -0.370. The lowest BCUT2D eigenvalue weighted by molar-refractivity contribution is -0.128. The molecule has 0 spiro atoms. The molecule has 8 heteroatoms. The van der Waals surface area contributed by atoms with Crippen molar-refractivity contribution in [3.05, 3.63) is 100 Å². The summed E-state index contributed by atoms with van der Waals surface area (Å²) in [7, 11) is 0. The zero-order valence-electron chi connectivity index (χ0n) is 19.0. The van der Waals surface area contributed by atoms with Gasteiger partial charge >= 0.3 is 0 Å². The molecule has 0 saturated heterocycles. The molecule has 4 rings (SSSR count). The summed E-state index contributed by atoms with van der Waals surface area (Å²) >= 11 is 0. The highest BCUT2D eigenvalue weighted by Gasteiger charge is 2.17. The number of hydrogen-bond donors (Lipinski definition) is 2. The van der Waals surface area contributed by atoms with Gasteiger partial charge in [-0.1, -0.05) is 24.3 Å². The molecule has 0 aliphatic heterocycles. The Morgan fingerprint density at radius 2 is 1.68 bits per heavy atom. The fourth-order valence-corrected chi connectivity index (χ4v) is 3.41. The van der Waals surface area contributed by atoms with Gasteiger partial charge in [0, 0.05) is 5.56 Å². The molecule has 0 bridgehead atoms. The van der Waals surface area contributed by atoms with Crippen LogP contribution in [-0.4, -0.2) is 27.5 Å². The Hall–Kier alpha value is -4.46. The summed E-state index contributed by atoms with van der Waals surface area (Å²) < 4.78 is 7.15. The van der Waals surface area contributed by atoms with Crippen molar-refractivity contribution in [1.82, 2.24) is 20.4 Å². The summed E-state index contributed by atoms with van der Waals surface area (Å²) in [4.78, 5) is 41.9. The molecule has 0 saturated carbocycles. The van der Waals surface area contributed by atoms with E-state index < -0.39 is 17.9 Å². The highest BCUT2D eigenvalue weighted by molar-refractivity contribution is 5.96. The molecule has 0 radical (unpaired) electrons. The first-order valence-electron chi connectivity index (χ1n) is 10.7. The quantitative estimate of drug-likeness (QED) is 0.449. The zero-order valence-corrected chi connectivity index (χ0v) is 19.0. The largest absolute Gasteiger partial charge is 0.481 e. The SMILES string of the molecule is Cc1cccc(OC(C)C(=O)NNC(=O)c2ccc(-n3cnc4ccccc4c3=O)cc2)c1C. The van der Waals surface area contributed by atoms with E-state index in [1.54, 1.807) is 55.5 Å². The van der Waals surface area contributed by atoms with Crippen LogP contribution in [0.1, 0.15) is 28.4 Å². The Balaban J connectivity index is 1.39. The van der Waals surface area contributed by atoms with Crippen molar-refractivity contribution in [3.8, 4) is 11.4 Å². The molecule has 8 nitrogen and oxygen atoms in total. The Morgan fingerprint density at radius 3 is 2.44 bits per heavy atom. The predicted octanol–water partition coefficient (Wildman–Crippen LogP) is 3.23. The van der Waals surface area contributed by atoms with Crippen LogP contribution in [0.3, 0.4) is 0 Å². The van der Waals surface area contributed by atoms with E-state index >= 15 is 0 Å². The van der Waals surface area contributed by atoms with Crippen LogP contribution in [0.4, 0.5) is 0 Å². The first kappa shape index (κ1) is 22.7. The fraction of sp³-hybridized carbons (Fsp3) is 0.154. The average Bonchev–Trinajstić information content (AvgIpc) is 2.85. The molecule has 1 heterocycles. The van der Waals surface area contributed by atoms with Crippen molar-refractivity contribution >= 4 is 22.7 Å². The molecule has 2 N–H and O–H groups in total. The zero-order chi connectivity index (χ0) is 24.2. The summed E-state index contributed by atoms with van der Waals surface area (Å²) in [5.41, 5.74) is 8.08. The van der Waals surface area contributed by atoms with E-state index in [-0.39, 0.29) is 5.56 Å². The summed E-state index contributed by atoms with van der Waals surface area (Å²) in [6, 6.07) is 19.1. The number of hydrogen-bond acceptors (Lipinski definition) is 5. The molecule has 34 heavy (non-hydrogen) atoms. The van der Waals surface area contributed by atoms with Gasteiger partial charge in [-0.25, -0.2) is 4.98 Å². The number of carbonyl (C=O) groups is 2. The van der Waals surface area contributed by atoms with Crippen molar-refractivity contribution in [2.45, 2.75) is 26.9 Å². The number of nitrogens with zero attached hydrogens (tertiary/aromatic N) is 2. The summed E-state index contributed by atoms with van der Waals surface area (Å²) in [6.07, 6.45) is 0.646. The molecule has 1 atom stereocenters. The van der Waals surface area contributed by atoms with Gasteiger partial charge in [0.05, 0.1) is 16.6 Å². The normalized spacial score (nSPS) is 11.6. The highest BCUT2D eigenvalue weighted by Crippen LogP contribution is 2.21. The van der Waals surface area contributed by atoms with Crippen LogP contribution in [0.5, 0.6) is 5.75 Å². The molecule has 4 aromatic rings. The molecule has 0 fully saturated rings. The topological polar surface area (TPSA) is 102 Å². The molecule has 0 aliphatic carbocycles. The molecule has 1 aromatic heterocycles. The summed E-state index contributed by atoms with van der Waals surface area (Å²) in [6.45, 7) is 5.49. The third kappa shape index (κ3) is 4.66. The third-order valence-electron chi connectivity index (χ3n) is 5.60. The third-order valence-corrected chi connectivity index (χ3v) is 5.60. The Bertz CT molecular complexity index is 1430. The second kappa shape index (κ2) is 9.58. The van der Waals surface area contributed by atoms with Crippen LogP contribution in [-0.2, 0) is 4.79 Å². The Morgan fingerprint density at radius 1 is 0.941 bits per heavy atom. The van der Waals surface area contributed by atoms with Crippen LogP contribution >= 0.6 is 0 Å². The van der Waals surface area contributed by atoms with Gasteiger partial charge in [-0.05, 0) is 74.4 Å². The van der Waals surface area contributed by atoms with Crippen molar-refractivity contribution < 1.29 is 14.3 Å². The van der Waals surface area contributed by atoms with E-state index in [0.29, 0.717) is 27.9 Å². The number of rotatable bonds is 5. The van der Waals surface area contributed by atoms with Gasteiger partial charge in [0.2, 0.25) is 0 Å². The number of benzene rings is 3. The fourth-order valence-electron chi connectivity index (χ4n) is 3.41. The van der Waals surface area contributed by atoms with E-state index in [1.807, 2.05) is 32.0 Å². The number of nitrogens with one attached hydrogen (secondary N) is 2. The van der Waals surface area contributed by atoms with Crippen LogP contribution in [0.15, 0.2) is 77.9 Å². The Labute approximate surface area is 196 Å². The van der Waals surface area contributed by atoms with E-state index in [0.717, 1.165) is 11.1 Å². The molecular formula is C26H24N4O4. The number of amides is 2. The maximum atomic E-state index is 12.7. The van der Waals surface area contributed by atoms with Gasteiger partial charge < -0.3 is 4.74 Å². The van der Waals surface area contributed by atoms with Crippen molar-refractivity contribution in [2.75, 3.05) is 0 Å². The highest BCUT2D eigenvalue weighted by atomic mass is 16.5. The second-order valence-electron chi connectivity index (χ2n) is 7.89. The number of aromatic nitrogens is 2. The minimum Gasteiger partial charge on any atom is -0.481 e. The number of carbonyl (C=O) groups excluding carboxylic acids is 2. The monoisotopic (exact) mass is 456 g/mol. The maximum Gasteiger partial charge on any atom is 0.279 e. The van der Waals surface area contributed by atoms with Gasteiger partial charge in [-0.3, -0.25) is 29.8 Å². The van der Waals surface area contributed by atoms with E-state index in [1.165, 1.54) is 10.9 Å².